The molecule has 0 spiro atoms. The molecule has 124 valence electrons. The molecule has 0 radical (unpaired) electrons. The number of hydrogen-bond acceptors (Lipinski definition) is 5. The molecule has 22 heavy (non-hydrogen) atoms. The topological polar surface area (TPSA) is 54.7 Å². The molecular formula is C15H26ClN5O. The zero-order valence-corrected chi connectivity index (χ0v) is 14.8. The van der Waals surface area contributed by atoms with Gasteiger partial charge in [0.1, 0.15) is 6.17 Å². The number of nitrogens with one attached hydrogen (secondary N) is 1. The molecule has 0 fully saturated rings. The maximum Gasteiger partial charge on any atom is 0.264 e. The summed E-state index contributed by atoms with van der Waals surface area (Å²) in [6.07, 6.45) is 1.01. The first kappa shape index (κ1) is 17.2. The van der Waals surface area contributed by atoms with E-state index in [1.165, 1.54) is 0 Å². The van der Waals surface area contributed by atoms with Crippen molar-refractivity contribution in [1.29, 1.82) is 0 Å². The number of halogens is 1. The van der Waals surface area contributed by atoms with Gasteiger partial charge in [-0.3, -0.25) is 9.58 Å². The smallest absolute Gasteiger partial charge is 0.264 e. The first-order valence-corrected chi connectivity index (χ1v) is 8.44. The molecule has 1 aromatic rings. The number of hydrogen-bond donors (Lipinski definition) is 1. The predicted molar refractivity (Wildman–Crippen MR) is 89.0 cm³/mol. The van der Waals surface area contributed by atoms with Gasteiger partial charge in [0, 0.05) is 25.7 Å². The molecule has 2 aliphatic rings. The van der Waals surface area contributed by atoms with E-state index in [0.29, 0.717) is 22.7 Å². The van der Waals surface area contributed by atoms with Crippen molar-refractivity contribution in [3.05, 3.63) is 16.4 Å². The van der Waals surface area contributed by atoms with Crippen molar-refractivity contribution in [2.24, 2.45) is 4.99 Å². The van der Waals surface area contributed by atoms with Crippen molar-refractivity contribution in [2.45, 2.75) is 66.3 Å². The van der Waals surface area contributed by atoms with Crippen molar-refractivity contribution in [3.8, 4) is 0 Å². The van der Waals surface area contributed by atoms with Crippen LogP contribution in [0, 0.1) is 0 Å². The van der Waals surface area contributed by atoms with E-state index in [2.05, 4.69) is 34.3 Å². The molecule has 0 bridgehead atoms. The van der Waals surface area contributed by atoms with Gasteiger partial charge in [0.15, 0.2) is 5.69 Å². The fraction of sp³-hybridized carbons (Fsp3) is 0.733. The Balaban J connectivity index is 0.000000847. The lowest BCUT2D eigenvalue weighted by Gasteiger charge is -2.23. The highest BCUT2D eigenvalue weighted by Gasteiger charge is 2.28. The lowest BCUT2D eigenvalue weighted by atomic mass is 10.2. The van der Waals surface area contributed by atoms with Gasteiger partial charge in [-0.2, -0.15) is 5.10 Å². The number of rotatable bonds is 2. The molecule has 1 atom stereocenters. The van der Waals surface area contributed by atoms with Gasteiger partial charge < -0.3 is 4.84 Å². The van der Waals surface area contributed by atoms with E-state index < -0.39 is 0 Å². The van der Waals surface area contributed by atoms with Crippen molar-refractivity contribution in [3.63, 3.8) is 0 Å². The summed E-state index contributed by atoms with van der Waals surface area (Å²) in [4.78, 5) is 12.1. The minimum atomic E-state index is -0.0604. The molecule has 0 amide bonds. The van der Waals surface area contributed by atoms with E-state index >= 15 is 0 Å². The summed E-state index contributed by atoms with van der Waals surface area (Å²) in [6.45, 7) is 13.1. The van der Waals surface area contributed by atoms with E-state index in [1.54, 1.807) is 0 Å². The van der Waals surface area contributed by atoms with Crippen LogP contribution in [0.1, 0.15) is 52.4 Å². The van der Waals surface area contributed by atoms with E-state index in [4.69, 9.17) is 16.4 Å². The Labute approximate surface area is 137 Å². The number of fused-ring (bicyclic) bond motifs is 1. The second kappa shape index (κ2) is 7.44. The van der Waals surface area contributed by atoms with E-state index in [1.807, 2.05) is 25.5 Å². The summed E-state index contributed by atoms with van der Waals surface area (Å²) < 4.78 is 1.99. The van der Waals surface area contributed by atoms with Crippen LogP contribution in [0.4, 0.5) is 0 Å². The van der Waals surface area contributed by atoms with E-state index in [-0.39, 0.29) is 6.17 Å². The van der Waals surface area contributed by atoms with Gasteiger partial charge in [0.25, 0.3) is 5.90 Å². The third-order valence-electron chi connectivity index (χ3n) is 3.73. The molecule has 0 aliphatic carbocycles. The van der Waals surface area contributed by atoms with Gasteiger partial charge in [-0.25, -0.2) is 4.99 Å². The molecule has 7 heteroatoms. The zero-order chi connectivity index (χ0) is 16.3. The standard InChI is InChI=1S/C13H20ClN5O.C2H6/c1-8(2)18-5-4-6-19-10(7-18)11(14)12(16-19)13-15-9(3)17-20-13;1-2/h8-9,17H,4-7H2,1-3H3;1-2H3. The SMILES string of the molecule is CC.CC1N=C(c2nn3c(c2Cl)CN(C(C)C)CCC3)ON1. The first-order valence-electron chi connectivity index (χ1n) is 8.06. The zero-order valence-electron chi connectivity index (χ0n) is 14.1. The average molecular weight is 328 g/mol. The maximum atomic E-state index is 6.51. The largest absolute Gasteiger partial charge is 0.384 e. The lowest BCUT2D eigenvalue weighted by molar-refractivity contribution is 0.185. The fourth-order valence-electron chi connectivity index (χ4n) is 2.56. The normalized spacial score (nSPS) is 21.6. The fourth-order valence-corrected chi connectivity index (χ4v) is 2.84. The van der Waals surface area contributed by atoms with Crippen LogP contribution in [-0.4, -0.2) is 39.3 Å². The monoisotopic (exact) mass is 327 g/mol. The number of nitrogens with zero attached hydrogens (tertiary/aromatic N) is 4. The summed E-state index contributed by atoms with van der Waals surface area (Å²) in [5.74, 6) is 0.485. The van der Waals surface area contributed by atoms with Crippen LogP contribution >= 0.6 is 11.6 Å². The molecule has 0 saturated carbocycles. The summed E-state index contributed by atoms with van der Waals surface area (Å²) in [5.41, 5.74) is 4.49. The molecule has 2 aliphatic heterocycles. The highest BCUT2D eigenvalue weighted by atomic mass is 35.5. The maximum absolute atomic E-state index is 6.51. The average Bonchev–Trinajstić information content (AvgIpc) is 2.97. The van der Waals surface area contributed by atoms with Crippen molar-refractivity contribution < 1.29 is 4.84 Å². The van der Waals surface area contributed by atoms with Gasteiger partial charge in [0.05, 0.1) is 10.7 Å². The highest BCUT2D eigenvalue weighted by molar-refractivity contribution is 6.34. The lowest BCUT2D eigenvalue weighted by Crippen LogP contribution is -2.30. The van der Waals surface area contributed by atoms with Crippen molar-refractivity contribution in [2.75, 3.05) is 6.54 Å². The Morgan fingerprint density at radius 3 is 2.64 bits per heavy atom. The second-order valence-corrected chi connectivity index (χ2v) is 5.96. The quantitative estimate of drug-likeness (QED) is 0.907. The summed E-state index contributed by atoms with van der Waals surface area (Å²) in [6, 6.07) is 0.498. The van der Waals surface area contributed by atoms with Crippen LogP contribution in [0.3, 0.4) is 0 Å². The summed E-state index contributed by atoms with van der Waals surface area (Å²) in [7, 11) is 0. The van der Waals surface area contributed by atoms with Crippen LogP contribution in [-0.2, 0) is 17.9 Å². The Bertz CT molecular complexity index is 540. The molecule has 3 heterocycles. The van der Waals surface area contributed by atoms with Crippen LogP contribution in [0.25, 0.3) is 0 Å². The third kappa shape index (κ3) is 3.45. The van der Waals surface area contributed by atoms with Crippen LogP contribution < -0.4 is 5.48 Å². The Morgan fingerprint density at radius 2 is 2.05 bits per heavy atom. The van der Waals surface area contributed by atoms with E-state index in [9.17, 15) is 0 Å². The Kier molecular flexibility index (Phi) is 5.83. The second-order valence-electron chi connectivity index (χ2n) is 5.58. The van der Waals surface area contributed by atoms with Gasteiger partial charge >= 0.3 is 0 Å². The van der Waals surface area contributed by atoms with Gasteiger partial charge in [-0.05, 0) is 27.2 Å². The molecule has 0 saturated heterocycles. The Morgan fingerprint density at radius 1 is 1.32 bits per heavy atom. The molecule has 1 aromatic heterocycles. The number of aromatic nitrogens is 2. The van der Waals surface area contributed by atoms with Crippen LogP contribution in [0.5, 0.6) is 0 Å². The number of hydroxylamine groups is 1. The van der Waals surface area contributed by atoms with Gasteiger partial charge in [-0.15, -0.1) is 5.48 Å². The Hall–Kier alpha value is -1.11. The molecular weight excluding hydrogens is 302 g/mol. The predicted octanol–water partition coefficient (Wildman–Crippen LogP) is 2.80. The minimum absolute atomic E-state index is 0.0604. The van der Waals surface area contributed by atoms with Gasteiger partial charge in [0.2, 0.25) is 0 Å². The number of aliphatic imine (C=N–C) groups is 1. The van der Waals surface area contributed by atoms with Crippen LogP contribution in [0.15, 0.2) is 4.99 Å². The number of aryl methyl sites for hydroxylation is 1. The van der Waals surface area contributed by atoms with Gasteiger partial charge in [-0.1, -0.05) is 25.4 Å². The van der Waals surface area contributed by atoms with Crippen LogP contribution in [0.2, 0.25) is 5.02 Å². The third-order valence-corrected chi connectivity index (χ3v) is 4.13. The summed E-state index contributed by atoms with van der Waals surface area (Å²) in [5, 5.41) is 5.24. The molecule has 0 aromatic carbocycles. The molecule has 3 rings (SSSR count). The van der Waals surface area contributed by atoms with Crippen molar-refractivity contribution >= 4 is 17.5 Å². The van der Waals surface area contributed by atoms with E-state index in [0.717, 1.165) is 31.7 Å². The molecule has 1 unspecified atom stereocenters. The first-order chi connectivity index (χ1) is 10.6. The molecule has 1 N–H and O–H groups in total. The highest BCUT2D eigenvalue weighted by Crippen LogP contribution is 2.27. The van der Waals surface area contributed by atoms with Crippen molar-refractivity contribution in [1.82, 2.24) is 20.2 Å². The summed E-state index contributed by atoms with van der Waals surface area (Å²) >= 11 is 6.51. The molecule has 6 nitrogen and oxygen atoms in total. The minimum Gasteiger partial charge on any atom is -0.384 e.